The van der Waals surface area contributed by atoms with Crippen LogP contribution in [0.4, 0.5) is 5.69 Å². The monoisotopic (exact) mass is 260 g/mol. The topological polar surface area (TPSA) is 50.4 Å². The van der Waals surface area contributed by atoms with Crippen molar-refractivity contribution in [3.63, 3.8) is 0 Å². The second kappa shape index (κ2) is 5.72. The van der Waals surface area contributed by atoms with Crippen LogP contribution in [0.1, 0.15) is 17.5 Å². The van der Waals surface area contributed by atoms with Gasteiger partial charge in [0.05, 0.1) is 12.5 Å². The van der Waals surface area contributed by atoms with E-state index in [0.29, 0.717) is 13.2 Å². The van der Waals surface area contributed by atoms with Gasteiger partial charge in [-0.1, -0.05) is 6.07 Å². The minimum atomic E-state index is 0.0143. The fourth-order valence-electron chi connectivity index (χ4n) is 2.74. The predicted molar refractivity (Wildman–Crippen MR) is 74.3 cm³/mol. The third kappa shape index (κ3) is 2.96. The molecule has 1 atom stereocenters. The standard InChI is InChI=1S/C15H20N2O2/c18-15(13-5-8-19-10-13)17-14-2-1-11-3-6-16-7-4-12(11)9-14/h1-2,9,13,16H,3-8,10H2,(H,17,18)/t13-/m1/s1. The Labute approximate surface area is 113 Å². The molecule has 0 saturated carbocycles. The number of carbonyl (C=O) groups is 1. The van der Waals surface area contributed by atoms with E-state index >= 15 is 0 Å². The molecule has 0 radical (unpaired) electrons. The van der Waals surface area contributed by atoms with Crippen LogP contribution in [-0.4, -0.2) is 32.2 Å². The quantitative estimate of drug-likeness (QED) is 0.844. The Balaban J connectivity index is 1.71. The third-order valence-electron chi connectivity index (χ3n) is 3.92. The van der Waals surface area contributed by atoms with E-state index in [1.165, 1.54) is 11.1 Å². The van der Waals surface area contributed by atoms with Crippen LogP contribution in [0.15, 0.2) is 18.2 Å². The molecule has 19 heavy (non-hydrogen) atoms. The smallest absolute Gasteiger partial charge is 0.229 e. The van der Waals surface area contributed by atoms with E-state index in [4.69, 9.17) is 4.74 Å². The average Bonchev–Trinajstić information content (AvgIpc) is 2.85. The van der Waals surface area contributed by atoms with E-state index in [2.05, 4.69) is 22.8 Å². The Hall–Kier alpha value is -1.39. The Kier molecular flexibility index (Phi) is 3.80. The van der Waals surface area contributed by atoms with Crippen LogP contribution < -0.4 is 10.6 Å². The number of fused-ring (bicyclic) bond motifs is 1. The maximum Gasteiger partial charge on any atom is 0.229 e. The number of hydrogen-bond donors (Lipinski definition) is 2. The van der Waals surface area contributed by atoms with E-state index in [9.17, 15) is 4.79 Å². The molecule has 1 saturated heterocycles. The number of anilines is 1. The lowest BCUT2D eigenvalue weighted by atomic mass is 10.0. The molecule has 0 aliphatic carbocycles. The second-order valence-electron chi connectivity index (χ2n) is 5.28. The van der Waals surface area contributed by atoms with Gasteiger partial charge in [0.2, 0.25) is 5.91 Å². The van der Waals surface area contributed by atoms with Gasteiger partial charge < -0.3 is 15.4 Å². The lowest BCUT2D eigenvalue weighted by Gasteiger charge is -2.12. The minimum Gasteiger partial charge on any atom is -0.381 e. The number of rotatable bonds is 2. The van der Waals surface area contributed by atoms with Crippen molar-refractivity contribution in [2.45, 2.75) is 19.3 Å². The molecule has 4 heteroatoms. The van der Waals surface area contributed by atoms with E-state index in [-0.39, 0.29) is 11.8 Å². The molecule has 2 aliphatic rings. The molecule has 2 N–H and O–H groups in total. The van der Waals surface area contributed by atoms with Crippen LogP contribution in [0, 0.1) is 5.92 Å². The first-order valence-corrected chi connectivity index (χ1v) is 7.04. The summed E-state index contributed by atoms with van der Waals surface area (Å²) in [5.41, 5.74) is 3.66. The third-order valence-corrected chi connectivity index (χ3v) is 3.92. The largest absolute Gasteiger partial charge is 0.381 e. The fourth-order valence-corrected chi connectivity index (χ4v) is 2.74. The van der Waals surface area contributed by atoms with Gasteiger partial charge in [-0.2, -0.15) is 0 Å². The Morgan fingerprint density at radius 1 is 1.26 bits per heavy atom. The predicted octanol–water partition coefficient (Wildman–Crippen LogP) is 1.35. The average molecular weight is 260 g/mol. The van der Waals surface area contributed by atoms with E-state index < -0.39 is 0 Å². The maximum atomic E-state index is 12.0. The van der Waals surface area contributed by atoms with Gasteiger partial charge in [-0.05, 0) is 55.6 Å². The first-order chi connectivity index (χ1) is 9.33. The maximum absolute atomic E-state index is 12.0. The fraction of sp³-hybridized carbons (Fsp3) is 0.533. The molecule has 1 amide bonds. The highest BCUT2D eigenvalue weighted by Gasteiger charge is 2.23. The highest BCUT2D eigenvalue weighted by molar-refractivity contribution is 5.92. The van der Waals surface area contributed by atoms with Crippen molar-refractivity contribution in [2.75, 3.05) is 31.6 Å². The van der Waals surface area contributed by atoms with Gasteiger partial charge >= 0.3 is 0 Å². The summed E-state index contributed by atoms with van der Waals surface area (Å²) < 4.78 is 5.25. The van der Waals surface area contributed by atoms with Crippen LogP contribution >= 0.6 is 0 Å². The molecule has 2 aliphatic heterocycles. The number of hydrogen-bond acceptors (Lipinski definition) is 3. The van der Waals surface area contributed by atoms with E-state index in [0.717, 1.165) is 38.0 Å². The molecule has 1 aromatic rings. The summed E-state index contributed by atoms with van der Waals surface area (Å²) in [7, 11) is 0. The summed E-state index contributed by atoms with van der Waals surface area (Å²) >= 11 is 0. The van der Waals surface area contributed by atoms with Crippen molar-refractivity contribution in [2.24, 2.45) is 5.92 Å². The highest BCUT2D eigenvalue weighted by Crippen LogP contribution is 2.20. The lowest BCUT2D eigenvalue weighted by Crippen LogP contribution is -2.22. The zero-order valence-corrected chi connectivity index (χ0v) is 11.1. The Morgan fingerprint density at radius 2 is 2.11 bits per heavy atom. The summed E-state index contributed by atoms with van der Waals surface area (Å²) in [4.78, 5) is 12.0. The van der Waals surface area contributed by atoms with Gasteiger partial charge in [0.25, 0.3) is 0 Å². The lowest BCUT2D eigenvalue weighted by molar-refractivity contribution is -0.119. The molecule has 0 unspecified atom stereocenters. The van der Waals surface area contributed by atoms with Gasteiger partial charge in [-0.25, -0.2) is 0 Å². The van der Waals surface area contributed by atoms with Crippen LogP contribution in [0.25, 0.3) is 0 Å². The SMILES string of the molecule is O=C(Nc1ccc2c(c1)CCNCC2)[C@@H]1CCOC1. The van der Waals surface area contributed by atoms with Crippen LogP contribution in [0.2, 0.25) is 0 Å². The van der Waals surface area contributed by atoms with E-state index in [1.807, 2.05) is 6.07 Å². The number of nitrogens with one attached hydrogen (secondary N) is 2. The summed E-state index contributed by atoms with van der Waals surface area (Å²) in [5.74, 6) is 0.102. The number of ether oxygens (including phenoxy) is 1. The zero-order valence-electron chi connectivity index (χ0n) is 11.1. The van der Waals surface area contributed by atoms with Crippen molar-refractivity contribution >= 4 is 11.6 Å². The molecule has 0 bridgehead atoms. The first kappa shape index (κ1) is 12.6. The molecule has 3 rings (SSSR count). The summed E-state index contributed by atoms with van der Waals surface area (Å²) in [6.45, 7) is 3.31. The van der Waals surface area contributed by atoms with Gasteiger partial charge in [-0.3, -0.25) is 4.79 Å². The number of amides is 1. The molecular formula is C15H20N2O2. The van der Waals surface area contributed by atoms with Crippen LogP contribution in [0.5, 0.6) is 0 Å². The van der Waals surface area contributed by atoms with Gasteiger partial charge in [-0.15, -0.1) is 0 Å². The van der Waals surface area contributed by atoms with Crippen molar-refractivity contribution in [1.82, 2.24) is 5.32 Å². The van der Waals surface area contributed by atoms with Crippen molar-refractivity contribution < 1.29 is 9.53 Å². The Bertz CT molecular complexity index is 467. The first-order valence-electron chi connectivity index (χ1n) is 7.04. The number of benzene rings is 1. The van der Waals surface area contributed by atoms with Crippen molar-refractivity contribution in [1.29, 1.82) is 0 Å². The molecule has 0 aromatic heterocycles. The second-order valence-corrected chi connectivity index (χ2v) is 5.28. The zero-order chi connectivity index (χ0) is 13.1. The summed E-state index contributed by atoms with van der Waals surface area (Å²) in [6.07, 6.45) is 2.94. The van der Waals surface area contributed by atoms with E-state index in [1.54, 1.807) is 0 Å². The summed E-state index contributed by atoms with van der Waals surface area (Å²) in [5, 5.41) is 6.41. The van der Waals surface area contributed by atoms with Crippen molar-refractivity contribution in [3.8, 4) is 0 Å². The normalized spacial score (nSPS) is 22.6. The molecule has 2 heterocycles. The van der Waals surface area contributed by atoms with Crippen molar-refractivity contribution in [3.05, 3.63) is 29.3 Å². The van der Waals surface area contributed by atoms with Crippen LogP contribution in [-0.2, 0) is 22.4 Å². The van der Waals surface area contributed by atoms with Gasteiger partial charge in [0, 0.05) is 12.3 Å². The van der Waals surface area contributed by atoms with Crippen LogP contribution in [0.3, 0.4) is 0 Å². The van der Waals surface area contributed by atoms with Gasteiger partial charge in [0.15, 0.2) is 0 Å². The Morgan fingerprint density at radius 3 is 2.89 bits per heavy atom. The number of carbonyl (C=O) groups excluding carboxylic acids is 1. The highest BCUT2D eigenvalue weighted by atomic mass is 16.5. The molecule has 1 fully saturated rings. The molecule has 0 spiro atoms. The minimum absolute atomic E-state index is 0.0143. The summed E-state index contributed by atoms with van der Waals surface area (Å²) in [6, 6.07) is 6.27. The molecule has 1 aromatic carbocycles. The molecular weight excluding hydrogens is 240 g/mol. The molecule has 4 nitrogen and oxygen atoms in total. The molecule has 102 valence electrons. The van der Waals surface area contributed by atoms with Gasteiger partial charge in [0.1, 0.15) is 0 Å².